The van der Waals surface area contributed by atoms with Gasteiger partial charge in [-0.1, -0.05) is 42.5 Å². The molecule has 1 aliphatic carbocycles. The Hall–Kier alpha value is -1.69. The molecule has 0 radical (unpaired) electrons. The van der Waals surface area contributed by atoms with Gasteiger partial charge in [0.1, 0.15) is 0 Å². The molecule has 21 heavy (non-hydrogen) atoms. The molecule has 0 amide bonds. The summed E-state index contributed by atoms with van der Waals surface area (Å²) in [6.07, 6.45) is 0.692. The lowest BCUT2D eigenvalue weighted by molar-refractivity contribution is 0.517. The van der Waals surface area contributed by atoms with Crippen LogP contribution in [0.4, 0.5) is 0 Å². The molecule has 2 aromatic rings. The van der Waals surface area contributed by atoms with E-state index < -0.39 is 10.0 Å². The Morgan fingerprint density at radius 3 is 2.52 bits per heavy atom. The van der Waals surface area contributed by atoms with Crippen molar-refractivity contribution in [3.63, 3.8) is 0 Å². The Morgan fingerprint density at radius 2 is 1.76 bits per heavy atom. The highest BCUT2D eigenvalue weighted by Crippen LogP contribution is 2.31. The minimum absolute atomic E-state index is 0.235. The molecule has 4 nitrogen and oxygen atoms in total. The second-order valence-electron chi connectivity index (χ2n) is 5.43. The third kappa shape index (κ3) is 2.60. The summed E-state index contributed by atoms with van der Waals surface area (Å²) >= 11 is 0. The average molecular weight is 302 g/mol. The smallest absolute Gasteiger partial charge is 0.241 e. The van der Waals surface area contributed by atoms with Crippen molar-refractivity contribution in [3.05, 3.63) is 65.2 Å². The fourth-order valence-electron chi connectivity index (χ4n) is 2.87. The molecule has 110 valence electrons. The normalized spacial score (nSPS) is 21.2. The van der Waals surface area contributed by atoms with Gasteiger partial charge in [-0.2, -0.15) is 0 Å². The number of hydrogen-bond donors (Lipinski definition) is 2. The van der Waals surface area contributed by atoms with Crippen LogP contribution in [0.15, 0.2) is 53.4 Å². The molecule has 0 aliphatic heterocycles. The Labute approximate surface area is 125 Å². The summed E-state index contributed by atoms with van der Waals surface area (Å²) in [5.74, 6) is 0. The molecule has 0 heterocycles. The summed E-state index contributed by atoms with van der Waals surface area (Å²) in [6.45, 7) is 1.79. The maximum absolute atomic E-state index is 12.6. The van der Waals surface area contributed by atoms with Gasteiger partial charge in [0.25, 0.3) is 0 Å². The van der Waals surface area contributed by atoms with Crippen molar-refractivity contribution in [2.45, 2.75) is 30.3 Å². The number of rotatable bonds is 3. The zero-order valence-electron chi connectivity index (χ0n) is 11.8. The molecule has 5 heteroatoms. The molecular formula is C16H18N2O2S. The first kappa shape index (κ1) is 14.3. The zero-order valence-corrected chi connectivity index (χ0v) is 12.6. The van der Waals surface area contributed by atoms with Gasteiger partial charge in [0, 0.05) is 6.04 Å². The lowest BCUT2D eigenvalue weighted by Gasteiger charge is -2.19. The molecule has 0 bridgehead atoms. The second-order valence-corrected chi connectivity index (χ2v) is 7.11. The van der Waals surface area contributed by atoms with E-state index in [1.807, 2.05) is 30.3 Å². The Morgan fingerprint density at radius 1 is 1.10 bits per heavy atom. The summed E-state index contributed by atoms with van der Waals surface area (Å²) in [4.78, 5) is 0.307. The highest BCUT2D eigenvalue weighted by molar-refractivity contribution is 7.89. The molecule has 0 aromatic heterocycles. The van der Waals surface area contributed by atoms with Gasteiger partial charge in [-0.3, -0.25) is 0 Å². The van der Waals surface area contributed by atoms with E-state index in [0.717, 1.165) is 16.7 Å². The van der Waals surface area contributed by atoms with Crippen molar-refractivity contribution in [1.82, 2.24) is 4.72 Å². The average Bonchev–Trinajstić information content (AvgIpc) is 2.75. The van der Waals surface area contributed by atoms with Gasteiger partial charge in [0.05, 0.1) is 10.9 Å². The summed E-state index contributed by atoms with van der Waals surface area (Å²) < 4.78 is 28.0. The summed E-state index contributed by atoms with van der Waals surface area (Å²) in [5, 5.41) is 0. The van der Waals surface area contributed by atoms with Crippen molar-refractivity contribution in [1.29, 1.82) is 0 Å². The molecule has 3 N–H and O–H groups in total. The van der Waals surface area contributed by atoms with Crippen molar-refractivity contribution in [2.75, 3.05) is 0 Å². The standard InChI is InChI=1S/C16H18N2O2S/c1-11-6-2-5-9-15(11)21(19,20)18-16-13-8-4-3-7-12(13)10-14(16)17/h2-9,14,16,18H,10,17H2,1H3. The van der Waals surface area contributed by atoms with E-state index in [1.165, 1.54) is 0 Å². The molecule has 3 rings (SSSR count). The summed E-state index contributed by atoms with van der Waals surface area (Å²) in [7, 11) is -3.58. The SMILES string of the molecule is Cc1ccccc1S(=O)(=O)NC1c2ccccc2CC1N. The molecule has 0 spiro atoms. The van der Waals surface area contributed by atoms with Crippen molar-refractivity contribution < 1.29 is 8.42 Å². The molecule has 0 saturated heterocycles. The number of hydrogen-bond acceptors (Lipinski definition) is 3. The van der Waals surface area contributed by atoms with E-state index in [-0.39, 0.29) is 12.1 Å². The maximum Gasteiger partial charge on any atom is 0.241 e. The molecule has 1 aliphatic rings. The van der Waals surface area contributed by atoms with E-state index in [0.29, 0.717) is 11.3 Å². The molecule has 0 saturated carbocycles. The molecule has 2 aromatic carbocycles. The van der Waals surface area contributed by atoms with Gasteiger partial charge in [-0.25, -0.2) is 13.1 Å². The predicted octanol–water partition coefficient (Wildman–Crippen LogP) is 1.90. The van der Waals surface area contributed by atoms with Gasteiger partial charge in [-0.15, -0.1) is 0 Å². The first-order chi connectivity index (χ1) is 9.99. The minimum Gasteiger partial charge on any atom is -0.326 e. The lowest BCUT2D eigenvalue weighted by Crippen LogP contribution is -2.38. The van der Waals surface area contributed by atoms with Crippen molar-refractivity contribution >= 4 is 10.0 Å². The van der Waals surface area contributed by atoms with E-state index in [4.69, 9.17) is 5.73 Å². The van der Waals surface area contributed by atoms with Crippen LogP contribution in [0.2, 0.25) is 0 Å². The Kier molecular flexibility index (Phi) is 3.57. The van der Waals surface area contributed by atoms with E-state index in [2.05, 4.69) is 4.72 Å². The van der Waals surface area contributed by atoms with Crippen LogP contribution in [0, 0.1) is 6.92 Å². The van der Waals surface area contributed by atoms with Crippen molar-refractivity contribution in [3.8, 4) is 0 Å². The predicted molar refractivity (Wildman–Crippen MR) is 82.4 cm³/mol. The van der Waals surface area contributed by atoms with E-state index in [1.54, 1.807) is 25.1 Å². The zero-order chi connectivity index (χ0) is 15.0. The Balaban J connectivity index is 1.95. The van der Waals surface area contributed by atoms with Crippen LogP contribution in [0.5, 0.6) is 0 Å². The summed E-state index contributed by atoms with van der Waals surface area (Å²) in [6, 6.07) is 14.1. The number of fused-ring (bicyclic) bond motifs is 1. The molecule has 2 atom stereocenters. The summed E-state index contributed by atoms with van der Waals surface area (Å²) in [5.41, 5.74) is 8.94. The van der Waals surface area contributed by atoms with Gasteiger partial charge in [-0.05, 0) is 36.1 Å². The topological polar surface area (TPSA) is 72.2 Å². The van der Waals surface area contributed by atoms with Crippen molar-refractivity contribution in [2.24, 2.45) is 5.73 Å². The third-order valence-corrected chi connectivity index (χ3v) is 5.54. The first-order valence-corrected chi connectivity index (χ1v) is 8.39. The van der Waals surface area contributed by atoms with Gasteiger partial charge >= 0.3 is 0 Å². The maximum atomic E-state index is 12.6. The molecule has 0 fully saturated rings. The third-order valence-electron chi connectivity index (χ3n) is 3.94. The second kappa shape index (κ2) is 5.26. The molecule has 2 unspecified atom stereocenters. The monoisotopic (exact) mass is 302 g/mol. The first-order valence-electron chi connectivity index (χ1n) is 6.90. The van der Waals surface area contributed by atoms with Gasteiger partial charge in [0.2, 0.25) is 10.0 Å². The molecular weight excluding hydrogens is 284 g/mol. The number of nitrogens with one attached hydrogen (secondary N) is 1. The highest BCUT2D eigenvalue weighted by Gasteiger charge is 2.33. The van der Waals surface area contributed by atoms with Crippen LogP contribution in [0.3, 0.4) is 0 Å². The van der Waals surface area contributed by atoms with E-state index in [9.17, 15) is 8.42 Å². The van der Waals surface area contributed by atoms with E-state index >= 15 is 0 Å². The van der Waals surface area contributed by atoms with Gasteiger partial charge in [0.15, 0.2) is 0 Å². The van der Waals surface area contributed by atoms with Crippen LogP contribution in [0.1, 0.15) is 22.7 Å². The largest absolute Gasteiger partial charge is 0.326 e. The number of benzene rings is 2. The minimum atomic E-state index is -3.58. The van der Waals surface area contributed by atoms with Crippen LogP contribution in [0.25, 0.3) is 0 Å². The Bertz CT molecular complexity index is 771. The number of nitrogens with two attached hydrogens (primary N) is 1. The lowest BCUT2D eigenvalue weighted by atomic mass is 10.1. The quantitative estimate of drug-likeness (QED) is 0.909. The highest BCUT2D eigenvalue weighted by atomic mass is 32.2. The van der Waals surface area contributed by atoms with Crippen LogP contribution in [-0.4, -0.2) is 14.5 Å². The van der Waals surface area contributed by atoms with Crippen LogP contribution >= 0.6 is 0 Å². The number of aryl methyl sites for hydroxylation is 1. The van der Waals surface area contributed by atoms with Gasteiger partial charge < -0.3 is 5.73 Å². The number of sulfonamides is 1. The van der Waals surface area contributed by atoms with Crippen LogP contribution < -0.4 is 10.5 Å². The fraction of sp³-hybridized carbons (Fsp3) is 0.250. The fourth-order valence-corrected chi connectivity index (χ4v) is 4.38. The van der Waals surface area contributed by atoms with Crippen LogP contribution in [-0.2, 0) is 16.4 Å².